The minimum absolute atomic E-state index is 0.328. The van der Waals surface area contributed by atoms with E-state index >= 15 is 0 Å². The van der Waals surface area contributed by atoms with Crippen LogP contribution in [0, 0.1) is 0 Å². The molecule has 6 nitrogen and oxygen atoms in total. The normalized spacial score (nSPS) is 12.4. The lowest BCUT2D eigenvalue weighted by atomic mass is 9.93. The van der Waals surface area contributed by atoms with Gasteiger partial charge in [-0.25, -0.2) is 10.5 Å². The number of anilines is 2. The second-order valence-electron chi connectivity index (χ2n) is 5.92. The molecule has 0 spiro atoms. The van der Waals surface area contributed by atoms with E-state index in [9.17, 15) is 10.5 Å². The number of hydrogen-bond donors (Lipinski definition) is 4. The molecule has 136 valence electrons. The molecule has 0 bridgehead atoms. The van der Waals surface area contributed by atoms with E-state index in [1.54, 1.807) is 34.2 Å². The van der Waals surface area contributed by atoms with Gasteiger partial charge in [0.1, 0.15) is 0 Å². The zero-order chi connectivity index (χ0) is 19.6. The maximum atomic E-state index is 9.29. The molecule has 8 heteroatoms. The number of nitrogens with one attached hydrogen (secondary N) is 2. The summed E-state index contributed by atoms with van der Waals surface area (Å²) in [7, 11) is 3.55. The number of benzene rings is 3. The van der Waals surface area contributed by atoms with Gasteiger partial charge in [0.05, 0.1) is 11.4 Å². The first kappa shape index (κ1) is 18.7. The number of fused-ring (bicyclic) bond motifs is 3. The number of rotatable bonds is 5. The Labute approximate surface area is 158 Å². The van der Waals surface area contributed by atoms with Crippen LogP contribution in [0.5, 0.6) is 11.5 Å². The average Bonchev–Trinajstić information content (AvgIpc) is 2.71. The second-order valence-corrected chi connectivity index (χ2v) is 5.92. The quantitative estimate of drug-likeness (QED) is 0.238. The van der Waals surface area contributed by atoms with Crippen molar-refractivity contribution in [3.05, 3.63) is 47.4 Å². The standard InChI is InChI=1S/C19H20B2N2O4/c1-3-5-11-10(4-2)16-12(6-8-14(26-24)18(16)22-20)13-7-9-15(27-25)19(23-21)17(11)13/h3-9,22-25H,1,20-21H2,2H3/b10-4+,11-5+. The average molecular weight is 362 g/mol. The summed E-state index contributed by atoms with van der Waals surface area (Å²) < 4.78 is 0. The lowest BCUT2D eigenvalue weighted by Crippen LogP contribution is -2.28. The Bertz CT molecular complexity index is 1160. The molecule has 27 heavy (non-hydrogen) atoms. The van der Waals surface area contributed by atoms with Gasteiger partial charge in [0, 0.05) is 10.8 Å². The fraction of sp³-hybridized carbons (Fsp3) is 0.0526. The summed E-state index contributed by atoms with van der Waals surface area (Å²) in [5, 5.41) is 30.4. The predicted molar refractivity (Wildman–Crippen MR) is 116 cm³/mol. The summed E-state index contributed by atoms with van der Waals surface area (Å²) in [5.74, 6) is 0.662. The summed E-state index contributed by atoms with van der Waals surface area (Å²) >= 11 is 0. The third kappa shape index (κ3) is 2.79. The van der Waals surface area contributed by atoms with Crippen molar-refractivity contribution in [2.45, 2.75) is 6.92 Å². The third-order valence-electron chi connectivity index (χ3n) is 4.72. The molecule has 0 saturated carbocycles. The highest BCUT2D eigenvalue weighted by atomic mass is 17.1. The Balaban J connectivity index is 2.78. The van der Waals surface area contributed by atoms with Crippen LogP contribution in [0.25, 0.3) is 33.7 Å². The van der Waals surface area contributed by atoms with Crippen molar-refractivity contribution >= 4 is 61.0 Å². The van der Waals surface area contributed by atoms with Crippen LogP contribution in [-0.2, 0) is 0 Å². The van der Waals surface area contributed by atoms with Crippen molar-refractivity contribution in [3.8, 4) is 11.5 Å². The summed E-state index contributed by atoms with van der Waals surface area (Å²) in [5.41, 5.74) is 1.35. The summed E-state index contributed by atoms with van der Waals surface area (Å²) in [4.78, 5) is 9.13. The SMILES string of the molecule is BNc1c(OO)ccc2c1c(=C/C)/c(=C\C=C)c1c(NB)c(OO)ccc12. The zero-order valence-electron chi connectivity index (χ0n) is 15.5. The van der Waals surface area contributed by atoms with Crippen molar-refractivity contribution in [2.24, 2.45) is 0 Å². The minimum atomic E-state index is 0.328. The zero-order valence-corrected chi connectivity index (χ0v) is 15.5. The molecule has 3 rings (SSSR count). The maximum absolute atomic E-state index is 9.29. The molecule has 0 heterocycles. The monoisotopic (exact) mass is 362 g/mol. The first-order chi connectivity index (χ1) is 13.2. The highest BCUT2D eigenvalue weighted by Gasteiger charge is 2.17. The van der Waals surface area contributed by atoms with Gasteiger partial charge in [0.25, 0.3) is 0 Å². The van der Waals surface area contributed by atoms with Crippen molar-refractivity contribution in [2.75, 3.05) is 10.5 Å². The molecule has 0 radical (unpaired) electrons. The van der Waals surface area contributed by atoms with E-state index in [0.717, 1.165) is 32.0 Å². The Morgan fingerprint density at radius 2 is 1.37 bits per heavy atom. The van der Waals surface area contributed by atoms with Crippen LogP contribution < -0.4 is 30.7 Å². The molecule has 0 fully saturated rings. The molecular formula is C19H20B2N2O4. The molecular weight excluding hydrogens is 342 g/mol. The molecule has 0 amide bonds. The van der Waals surface area contributed by atoms with Crippen LogP contribution in [-0.4, -0.2) is 26.5 Å². The Hall–Kier alpha value is -3.09. The molecule has 0 atom stereocenters. The van der Waals surface area contributed by atoms with Crippen molar-refractivity contribution < 1.29 is 20.3 Å². The summed E-state index contributed by atoms with van der Waals surface area (Å²) in [6, 6.07) is 7.20. The first-order valence-electron chi connectivity index (χ1n) is 8.49. The van der Waals surface area contributed by atoms with Gasteiger partial charge in [-0.3, -0.25) is 0 Å². The molecule has 4 N–H and O–H groups in total. The van der Waals surface area contributed by atoms with E-state index in [-0.39, 0.29) is 0 Å². The van der Waals surface area contributed by atoms with Gasteiger partial charge in [-0.05, 0) is 52.4 Å². The molecule has 0 saturated heterocycles. The third-order valence-corrected chi connectivity index (χ3v) is 4.72. The first-order valence-corrected chi connectivity index (χ1v) is 8.49. The molecule has 0 aliphatic rings. The van der Waals surface area contributed by atoms with Crippen molar-refractivity contribution in [1.82, 2.24) is 0 Å². The van der Waals surface area contributed by atoms with Gasteiger partial charge in [-0.15, -0.1) is 0 Å². The van der Waals surface area contributed by atoms with E-state index in [0.29, 0.717) is 22.9 Å². The fourth-order valence-corrected chi connectivity index (χ4v) is 3.68. The van der Waals surface area contributed by atoms with Crippen LogP contribution in [0.2, 0.25) is 0 Å². The topological polar surface area (TPSA) is 83.0 Å². The Morgan fingerprint density at radius 1 is 0.889 bits per heavy atom. The van der Waals surface area contributed by atoms with Gasteiger partial charge < -0.3 is 20.2 Å². The van der Waals surface area contributed by atoms with Crippen LogP contribution in [0.3, 0.4) is 0 Å². The lowest BCUT2D eigenvalue weighted by molar-refractivity contribution is -0.136. The molecule has 0 aliphatic heterocycles. The van der Waals surface area contributed by atoms with E-state index < -0.39 is 0 Å². The van der Waals surface area contributed by atoms with Gasteiger partial charge >= 0.3 is 0 Å². The summed E-state index contributed by atoms with van der Waals surface area (Å²) in [6.07, 6.45) is 5.61. The van der Waals surface area contributed by atoms with Crippen molar-refractivity contribution in [1.29, 1.82) is 0 Å². The molecule has 3 aromatic carbocycles. The highest BCUT2D eigenvalue weighted by molar-refractivity contribution is 6.25. The van der Waals surface area contributed by atoms with Gasteiger partial charge in [0.2, 0.25) is 16.0 Å². The maximum Gasteiger partial charge on any atom is 0.214 e. The second kappa shape index (κ2) is 7.65. The van der Waals surface area contributed by atoms with Crippen LogP contribution in [0.4, 0.5) is 11.4 Å². The number of allylic oxidation sites excluding steroid dienone is 1. The molecule has 0 aliphatic carbocycles. The molecule has 3 aromatic rings. The highest BCUT2D eigenvalue weighted by Crippen LogP contribution is 2.37. The van der Waals surface area contributed by atoms with Crippen molar-refractivity contribution in [3.63, 3.8) is 0 Å². The van der Waals surface area contributed by atoms with Gasteiger partial charge in [-0.1, -0.05) is 24.8 Å². The van der Waals surface area contributed by atoms with Crippen LogP contribution in [0.15, 0.2) is 36.9 Å². The molecule has 0 unspecified atom stereocenters. The van der Waals surface area contributed by atoms with Gasteiger partial charge in [-0.2, -0.15) is 0 Å². The Kier molecular flexibility index (Phi) is 5.30. The minimum Gasteiger partial charge on any atom is -0.431 e. The van der Waals surface area contributed by atoms with Gasteiger partial charge in [0.15, 0.2) is 11.5 Å². The van der Waals surface area contributed by atoms with E-state index in [4.69, 9.17) is 0 Å². The smallest absolute Gasteiger partial charge is 0.214 e. The fourth-order valence-electron chi connectivity index (χ4n) is 3.68. The van der Waals surface area contributed by atoms with E-state index in [1.165, 1.54) is 0 Å². The van der Waals surface area contributed by atoms with Crippen LogP contribution in [0.1, 0.15) is 6.92 Å². The number of hydrogen-bond acceptors (Lipinski definition) is 6. The van der Waals surface area contributed by atoms with E-state index in [2.05, 4.69) is 26.8 Å². The predicted octanol–water partition coefficient (Wildman–Crippen LogP) is 1.38. The largest absolute Gasteiger partial charge is 0.431 e. The molecule has 0 aromatic heterocycles. The van der Waals surface area contributed by atoms with Crippen LogP contribution >= 0.6 is 0 Å². The Morgan fingerprint density at radius 3 is 1.74 bits per heavy atom. The van der Waals surface area contributed by atoms with E-state index in [1.807, 2.05) is 31.2 Å². The lowest BCUT2D eigenvalue weighted by Gasteiger charge is -2.17. The summed E-state index contributed by atoms with van der Waals surface area (Å²) in [6.45, 7) is 5.78.